The van der Waals surface area contributed by atoms with Gasteiger partial charge < -0.3 is 14.5 Å². The highest BCUT2D eigenvalue weighted by atomic mass is 16.5. The summed E-state index contributed by atoms with van der Waals surface area (Å²) in [6.45, 7) is 1.24. The Balaban J connectivity index is 1.70. The third kappa shape index (κ3) is 5.23. The molecule has 2 aromatic rings. The van der Waals surface area contributed by atoms with Crippen molar-refractivity contribution in [2.75, 3.05) is 6.61 Å². The molecule has 2 N–H and O–H groups in total. The number of esters is 1. The van der Waals surface area contributed by atoms with Crippen molar-refractivity contribution >= 4 is 17.9 Å². The van der Waals surface area contributed by atoms with Crippen LogP contribution in [0.2, 0.25) is 0 Å². The van der Waals surface area contributed by atoms with Crippen LogP contribution >= 0.6 is 0 Å². The van der Waals surface area contributed by atoms with Gasteiger partial charge >= 0.3 is 12.0 Å². The van der Waals surface area contributed by atoms with Gasteiger partial charge in [-0.1, -0.05) is 0 Å². The minimum absolute atomic E-state index is 0.0225. The predicted molar refractivity (Wildman–Crippen MR) is 76.1 cm³/mol. The second kappa shape index (κ2) is 7.69. The molecule has 0 spiro atoms. The number of aryl methyl sites for hydroxylation is 1. The molecule has 0 saturated heterocycles. The third-order valence-corrected chi connectivity index (χ3v) is 2.58. The summed E-state index contributed by atoms with van der Waals surface area (Å²) in [5, 5.41) is 4.43. The third-order valence-electron chi connectivity index (χ3n) is 2.58. The monoisotopic (exact) mass is 318 g/mol. The SMILES string of the molecule is Cc1cnc(C(=O)OCC(=O)NC(=O)NCc2ccco2)cn1. The summed E-state index contributed by atoms with van der Waals surface area (Å²) in [5.74, 6) is -1.03. The molecule has 120 valence electrons. The lowest BCUT2D eigenvalue weighted by molar-refractivity contribution is -0.123. The van der Waals surface area contributed by atoms with E-state index < -0.39 is 24.5 Å². The zero-order valence-corrected chi connectivity index (χ0v) is 12.2. The van der Waals surface area contributed by atoms with E-state index in [0.717, 1.165) is 0 Å². The van der Waals surface area contributed by atoms with Crippen molar-refractivity contribution in [3.8, 4) is 0 Å². The summed E-state index contributed by atoms with van der Waals surface area (Å²) in [5.41, 5.74) is 0.623. The Morgan fingerprint density at radius 1 is 1.26 bits per heavy atom. The van der Waals surface area contributed by atoms with Crippen LogP contribution in [-0.4, -0.2) is 34.5 Å². The molecule has 0 radical (unpaired) electrons. The number of nitrogens with one attached hydrogen (secondary N) is 2. The molecule has 2 heterocycles. The number of urea groups is 1. The molecule has 2 rings (SSSR count). The topological polar surface area (TPSA) is 123 Å². The molecule has 9 nitrogen and oxygen atoms in total. The fourth-order valence-electron chi connectivity index (χ4n) is 1.49. The van der Waals surface area contributed by atoms with Crippen molar-refractivity contribution in [3.63, 3.8) is 0 Å². The molecule has 3 amide bonds. The van der Waals surface area contributed by atoms with Crippen LogP contribution in [0.1, 0.15) is 21.9 Å². The first-order valence-corrected chi connectivity index (χ1v) is 6.60. The summed E-state index contributed by atoms with van der Waals surface area (Å²) in [7, 11) is 0. The first-order chi connectivity index (χ1) is 11.0. The van der Waals surface area contributed by atoms with E-state index in [1.54, 1.807) is 19.1 Å². The normalized spacial score (nSPS) is 9.96. The largest absolute Gasteiger partial charge is 0.467 e. The van der Waals surface area contributed by atoms with E-state index in [1.165, 1.54) is 18.7 Å². The van der Waals surface area contributed by atoms with Gasteiger partial charge in [-0.05, 0) is 19.1 Å². The van der Waals surface area contributed by atoms with Crippen molar-refractivity contribution < 1.29 is 23.5 Å². The van der Waals surface area contributed by atoms with E-state index in [1.807, 2.05) is 5.32 Å². The van der Waals surface area contributed by atoms with E-state index in [2.05, 4.69) is 15.3 Å². The van der Waals surface area contributed by atoms with E-state index in [-0.39, 0.29) is 12.2 Å². The van der Waals surface area contributed by atoms with Crippen molar-refractivity contribution in [1.29, 1.82) is 0 Å². The average Bonchev–Trinajstić information content (AvgIpc) is 3.05. The summed E-state index contributed by atoms with van der Waals surface area (Å²) in [6, 6.07) is 2.62. The fraction of sp³-hybridized carbons (Fsp3) is 0.214. The van der Waals surface area contributed by atoms with Crippen molar-refractivity contribution in [2.24, 2.45) is 0 Å². The number of aromatic nitrogens is 2. The highest BCUT2D eigenvalue weighted by Crippen LogP contribution is 1.98. The Hall–Kier alpha value is -3.23. The Labute approximate surface area is 131 Å². The Morgan fingerprint density at radius 2 is 2.09 bits per heavy atom. The number of amides is 3. The molecule has 0 bridgehead atoms. The van der Waals surface area contributed by atoms with Crippen LogP contribution in [-0.2, 0) is 16.1 Å². The second-order valence-corrected chi connectivity index (χ2v) is 4.43. The van der Waals surface area contributed by atoms with Crippen LogP contribution in [0, 0.1) is 6.92 Å². The number of carbonyl (C=O) groups is 3. The molecule has 2 aromatic heterocycles. The van der Waals surface area contributed by atoms with Gasteiger partial charge in [-0.3, -0.25) is 15.1 Å². The van der Waals surface area contributed by atoms with Gasteiger partial charge in [0.2, 0.25) is 0 Å². The van der Waals surface area contributed by atoms with Gasteiger partial charge in [0.25, 0.3) is 5.91 Å². The zero-order valence-electron chi connectivity index (χ0n) is 12.2. The number of rotatable bonds is 5. The molecule has 0 fully saturated rings. The van der Waals surface area contributed by atoms with Crippen LogP contribution in [0.4, 0.5) is 4.79 Å². The minimum Gasteiger partial charge on any atom is -0.467 e. The lowest BCUT2D eigenvalue weighted by Gasteiger charge is -2.06. The average molecular weight is 318 g/mol. The highest BCUT2D eigenvalue weighted by molar-refractivity contribution is 5.96. The fourth-order valence-corrected chi connectivity index (χ4v) is 1.49. The molecule has 0 saturated carbocycles. The van der Waals surface area contributed by atoms with Gasteiger partial charge in [0.1, 0.15) is 5.76 Å². The molecule has 9 heteroatoms. The smallest absolute Gasteiger partial charge is 0.359 e. The number of imide groups is 1. The minimum atomic E-state index is -0.802. The molecule has 0 unspecified atom stereocenters. The van der Waals surface area contributed by atoms with Crippen LogP contribution < -0.4 is 10.6 Å². The van der Waals surface area contributed by atoms with Gasteiger partial charge in [0.05, 0.1) is 24.7 Å². The maximum atomic E-state index is 11.6. The molecule has 0 aliphatic rings. The number of nitrogens with zero attached hydrogens (tertiary/aromatic N) is 2. The first kappa shape index (κ1) is 16.1. The molecule has 0 atom stereocenters. The van der Waals surface area contributed by atoms with Crippen molar-refractivity contribution in [1.82, 2.24) is 20.6 Å². The first-order valence-electron chi connectivity index (χ1n) is 6.60. The lowest BCUT2D eigenvalue weighted by Crippen LogP contribution is -2.41. The van der Waals surface area contributed by atoms with Crippen LogP contribution in [0.15, 0.2) is 35.2 Å². The van der Waals surface area contributed by atoms with Gasteiger partial charge in [0.15, 0.2) is 12.3 Å². The van der Waals surface area contributed by atoms with Gasteiger partial charge in [0, 0.05) is 6.20 Å². The number of furan rings is 1. The van der Waals surface area contributed by atoms with E-state index >= 15 is 0 Å². The Kier molecular flexibility index (Phi) is 5.40. The number of hydrogen-bond donors (Lipinski definition) is 2. The van der Waals surface area contributed by atoms with Crippen LogP contribution in [0.3, 0.4) is 0 Å². The van der Waals surface area contributed by atoms with Gasteiger partial charge in [-0.25, -0.2) is 14.6 Å². The molecular weight excluding hydrogens is 304 g/mol. The molecule has 0 aliphatic carbocycles. The van der Waals surface area contributed by atoms with E-state index in [0.29, 0.717) is 11.5 Å². The van der Waals surface area contributed by atoms with E-state index in [9.17, 15) is 14.4 Å². The summed E-state index contributed by atoms with van der Waals surface area (Å²) in [4.78, 5) is 42.3. The predicted octanol–water partition coefficient (Wildman–Crippen LogP) is 0.561. The van der Waals surface area contributed by atoms with Gasteiger partial charge in [-0.15, -0.1) is 0 Å². The van der Waals surface area contributed by atoms with Crippen LogP contribution in [0.5, 0.6) is 0 Å². The lowest BCUT2D eigenvalue weighted by atomic mass is 10.4. The van der Waals surface area contributed by atoms with Gasteiger partial charge in [-0.2, -0.15) is 0 Å². The van der Waals surface area contributed by atoms with E-state index in [4.69, 9.17) is 9.15 Å². The van der Waals surface area contributed by atoms with Crippen LogP contribution in [0.25, 0.3) is 0 Å². The molecular formula is C14H14N4O5. The van der Waals surface area contributed by atoms with Crippen molar-refractivity contribution in [2.45, 2.75) is 13.5 Å². The maximum Gasteiger partial charge on any atom is 0.359 e. The number of ether oxygens (including phenoxy) is 1. The second-order valence-electron chi connectivity index (χ2n) is 4.43. The standard InChI is InChI=1S/C14H14N4O5/c1-9-5-16-11(7-15-9)13(20)23-8-12(19)18-14(21)17-6-10-3-2-4-22-10/h2-5,7H,6,8H2,1H3,(H2,17,18,19,21). The number of carbonyl (C=O) groups excluding carboxylic acids is 3. The quantitative estimate of drug-likeness (QED) is 0.772. The summed E-state index contributed by atoms with van der Waals surface area (Å²) < 4.78 is 9.74. The molecule has 0 aliphatic heterocycles. The summed E-state index contributed by atoms with van der Waals surface area (Å²) >= 11 is 0. The molecule has 0 aromatic carbocycles. The maximum absolute atomic E-state index is 11.6. The van der Waals surface area contributed by atoms with Crippen molar-refractivity contribution in [3.05, 3.63) is 47.9 Å². The Bertz CT molecular complexity index is 682. The highest BCUT2D eigenvalue weighted by Gasteiger charge is 2.13. The molecule has 23 heavy (non-hydrogen) atoms. The summed E-state index contributed by atoms with van der Waals surface area (Å²) in [6.07, 6.45) is 4.11. The number of hydrogen-bond acceptors (Lipinski definition) is 7. The zero-order chi connectivity index (χ0) is 16.7. The Morgan fingerprint density at radius 3 is 2.74 bits per heavy atom.